The van der Waals surface area contributed by atoms with Gasteiger partial charge in [0.25, 0.3) is 0 Å². The number of benzene rings is 2. The molecule has 0 spiro atoms. The Morgan fingerprint density at radius 3 is 2.26 bits per heavy atom. The van der Waals surface area contributed by atoms with Crippen molar-refractivity contribution in [3.8, 4) is 16.9 Å². The van der Waals surface area contributed by atoms with E-state index < -0.39 is 0 Å². The van der Waals surface area contributed by atoms with Gasteiger partial charge in [0.15, 0.2) is 0 Å². The van der Waals surface area contributed by atoms with Gasteiger partial charge in [0.2, 0.25) is 0 Å². The molecule has 19 heavy (non-hydrogen) atoms. The molecule has 2 aromatic carbocycles. The van der Waals surface area contributed by atoms with Gasteiger partial charge in [-0.1, -0.05) is 56.7 Å². The third-order valence-electron chi connectivity index (χ3n) is 3.48. The summed E-state index contributed by atoms with van der Waals surface area (Å²) in [6, 6.07) is 19.3. The van der Waals surface area contributed by atoms with Crippen LogP contribution in [0.15, 0.2) is 48.5 Å². The van der Waals surface area contributed by atoms with Crippen molar-refractivity contribution < 1.29 is 4.74 Å². The first kappa shape index (κ1) is 13.7. The van der Waals surface area contributed by atoms with Gasteiger partial charge in [-0.05, 0) is 41.7 Å². The van der Waals surface area contributed by atoms with Crippen LogP contribution >= 0.6 is 0 Å². The molecule has 0 aliphatic rings. The van der Waals surface area contributed by atoms with Crippen LogP contribution in [-0.4, -0.2) is 6.61 Å². The Kier molecular flexibility index (Phi) is 5.02. The van der Waals surface area contributed by atoms with Crippen molar-refractivity contribution in [1.29, 1.82) is 0 Å². The van der Waals surface area contributed by atoms with Crippen LogP contribution in [0.1, 0.15) is 26.7 Å². The fourth-order valence-corrected chi connectivity index (χ4v) is 1.91. The Labute approximate surface area is 116 Å². The van der Waals surface area contributed by atoms with E-state index in [2.05, 4.69) is 44.2 Å². The average Bonchev–Trinajstić information content (AvgIpc) is 2.48. The standard InChI is InChI=1S/C18H21O/c1-3-15(2)13-14-19-18-11-9-17(10-12-18)16-7-5-4-6-8-16/h5-12,15H,3,13-14H2,1-2H3/t15-/m0/s1. The first-order valence-corrected chi connectivity index (χ1v) is 6.99. The molecule has 0 amide bonds. The third-order valence-corrected chi connectivity index (χ3v) is 3.48. The quantitative estimate of drug-likeness (QED) is 0.706. The normalized spacial score (nSPS) is 12.1. The highest BCUT2D eigenvalue weighted by Gasteiger charge is 2.01. The van der Waals surface area contributed by atoms with Crippen LogP contribution in [0.5, 0.6) is 5.75 Å². The molecule has 0 saturated heterocycles. The zero-order valence-corrected chi connectivity index (χ0v) is 11.7. The van der Waals surface area contributed by atoms with E-state index in [1.165, 1.54) is 17.5 Å². The van der Waals surface area contributed by atoms with E-state index in [0.29, 0.717) is 0 Å². The van der Waals surface area contributed by atoms with Crippen LogP contribution in [-0.2, 0) is 0 Å². The molecule has 2 rings (SSSR count). The number of hydrogen-bond donors (Lipinski definition) is 0. The van der Waals surface area contributed by atoms with Crippen LogP contribution in [0.3, 0.4) is 0 Å². The summed E-state index contributed by atoms with van der Waals surface area (Å²) in [6.45, 7) is 5.28. The molecule has 1 radical (unpaired) electrons. The summed E-state index contributed by atoms with van der Waals surface area (Å²) in [5, 5.41) is 0. The van der Waals surface area contributed by atoms with Gasteiger partial charge in [0.05, 0.1) is 6.61 Å². The molecule has 1 atom stereocenters. The predicted molar refractivity (Wildman–Crippen MR) is 80.3 cm³/mol. The van der Waals surface area contributed by atoms with Crippen LogP contribution < -0.4 is 4.74 Å². The lowest BCUT2D eigenvalue weighted by Crippen LogP contribution is -2.03. The Morgan fingerprint density at radius 2 is 1.63 bits per heavy atom. The smallest absolute Gasteiger partial charge is 0.119 e. The van der Waals surface area contributed by atoms with Crippen molar-refractivity contribution in [2.45, 2.75) is 26.7 Å². The van der Waals surface area contributed by atoms with Gasteiger partial charge < -0.3 is 4.74 Å². The lowest BCUT2D eigenvalue weighted by Gasteiger charge is -2.10. The van der Waals surface area contributed by atoms with Gasteiger partial charge in [0, 0.05) is 0 Å². The van der Waals surface area contributed by atoms with Crippen LogP contribution in [0.2, 0.25) is 0 Å². The summed E-state index contributed by atoms with van der Waals surface area (Å²) in [4.78, 5) is 0. The van der Waals surface area contributed by atoms with E-state index in [0.717, 1.165) is 24.7 Å². The van der Waals surface area contributed by atoms with Crippen molar-refractivity contribution in [2.24, 2.45) is 5.92 Å². The summed E-state index contributed by atoms with van der Waals surface area (Å²) in [5.74, 6) is 1.69. The molecule has 0 aliphatic carbocycles. The second kappa shape index (κ2) is 6.98. The molecular weight excluding hydrogens is 232 g/mol. The highest BCUT2D eigenvalue weighted by atomic mass is 16.5. The molecule has 0 saturated carbocycles. The second-order valence-corrected chi connectivity index (χ2v) is 4.96. The molecular formula is C18H21O. The number of ether oxygens (including phenoxy) is 1. The summed E-state index contributed by atoms with van der Waals surface area (Å²) >= 11 is 0. The molecule has 0 bridgehead atoms. The molecule has 99 valence electrons. The summed E-state index contributed by atoms with van der Waals surface area (Å²) in [6.07, 6.45) is 2.33. The Hall–Kier alpha value is -1.76. The van der Waals surface area contributed by atoms with Crippen molar-refractivity contribution >= 4 is 0 Å². The van der Waals surface area contributed by atoms with Crippen molar-refractivity contribution in [2.75, 3.05) is 6.61 Å². The largest absolute Gasteiger partial charge is 0.494 e. The molecule has 1 nitrogen and oxygen atoms in total. The van der Waals surface area contributed by atoms with E-state index >= 15 is 0 Å². The van der Waals surface area contributed by atoms with Crippen molar-refractivity contribution in [3.63, 3.8) is 0 Å². The molecule has 2 aromatic rings. The second-order valence-electron chi connectivity index (χ2n) is 4.96. The molecule has 0 N–H and O–H groups in total. The highest BCUT2D eigenvalue weighted by molar-refractivity contribution is 5.63. The van der Waals surface area contributed by atoms with Crippen molar-refractivity contribution in [1.82, 2.24) is 0 Å². The maximum atomic E-state index is 5.76. The molecule has 0 heterocycles. The van der Waals surface area contributed by atoms with Gasteiger partial charge in [-0.2, -0.15) is 0 Å². The van der Waals surface area contributed by atoms with Crippen LogP contribution in [0, 0.1) is 12.0 Å². The molecule has 0 unspecified atom stereocenters. The summed E-state index contributed by atoms with van der Waals surface area (Å²) in [5.41, 5.74) is 2.42. The average molecular weight is 253 g/mol. The van der Waals surface area contributed by atoms with E-state index in [1.54, 1.807) is 0 Å². The van der Waals surface area contributed by atoms with Crippen LogP contribution in [0.25, 0.3) is 11.1 Å². The van der Waals surface area contributed by atoms with E-state index in [4.69, 9.17) is 4.74 Å². The fourth-order valence-electron chi connectivity index (χ4n) is 1.91. The molecule has 1 heteroatoms. The maximum Gasteiger partial charge on any atom is 0.119 e. The lowest BCUT2D eigenvalue weighted by molar-refractivity contribution is 0.282. The molecule has 0 fully saturated rings. The van der Waals surface area contributed by atoms with Gasteiger partial charge in [-0.25, -0.2) is 0 Å². The monoisotopic (exact) mass is 253 g/mol. The van der Waals surface area contributed by atoms with Crippen molar-refractivity contribution in [3.05, 3.63) is 54.6 Å². The summed E-state index contributed by atoms with van der Waals surface area (Å²) < 4.78 is 5.76. The SMILES string of the molecule is CC[C@H](C)CCOc1ccc(-c2cc[c]cc2)cc1. The van der Waals surface area contributed by atoms with E-state index in [1.807, 2.05) is 24.3 Å². The zero-order chi connectivity index (χ0) is 13.5. The van der Waals surface area contributed by atoms with Gasteiger partial charge >= 0.3 is 0 Å². The van der Waals surface area contributed by atoms with Gasteiger partial charge in [-0.15, -0.1) is 0 Å². The number of hydrogen-bond acceptors (Lipinski definition) is 1. The van der Waals surface area contributed by atoms with E-state index in [9.17, 15) is 0 Å². The first-order valence-electron chi connectivity index (χ1n) is 6.99. The van der Waals surface area contributed by atoms with Gasteiger partial charge in [0.1, 0.15) is 5.75 Å². The minimum atomic E-state index is 0.736. The minimum absolute atomic E-state index is 0.736. The Bertz CT molecular complexity index is 473. The highest BCUT2D eigenvalue weighted by Crippen LogP contribution is 2.22. The zero-order valence-electron chi connectivity index (χ0n) is 11.7. The fraction of sp³-hybridized carbons (Fsp3) is 0.333. The maximum absolute atomic E-state index is 5.76. The topological polar surface area (TPSA) is 9.23 Å². The van der Waals surface area contributed by atoms with Crippen LogP contribution in [0.4, 0.5) is 0 Å². The first-order chi connectivity index (χ1) is 9.29. The minimum Gasteiger partial charge on any atom is -0.494 e. The third kappa shape index (κ3) is 4.13. The number of rotatable bonds is 6. The molecule has 0 aliphatic heterocycles. The van der Waals surface area contributed by atoms with Gasteiger partial charge in [-0.3, -0.25) is 0 Å². The molecule has 0 aromatic heterocycles. The lowest BCUT2D eigenvalue weighted by atomic mass is 10.1. The summed E-state index contributed by atoms with van der Waals surface area (Å²) in [7, 11) is 0. The Balaban J connectivity index is 1.92. The Morgan fingerprint density at radius 1 is 1.00 bits per heavy atom. The predicted octanol–water partition coefficient (Wildman–Crippen LogP) is 4.97. The van der Waals surface area contributed by atoms with E-state index in [-0.39, 0.29) is 0 Å².